The zero-order valence-corrected chi connectivity index (χ0v) is 17.4. The minimum atomic E-state index is -1.49. The van der Waals surface area contributed by atoms with Gasteiger partial charge in [0.15, 0.2) is 6.10 Å². The first-order valence-corrected chi connectivity index (χ1v) is 10.6. The Hall–Kier alpha value is -2.25. The van der Waals surface area contributed by atoms with Crippen LogP contribution in [0.1, 0.15) is 30.9 Å². The number of benzene rings is 2. The summed E-state index contributed by atoms with van der Waals surface area (Å²) in [5, 5.41) is 21.0. The molecule has 4 atom stereocenters. The third kappa shape index (κ3) is 5.67. The quantitative estimate of drug-likeness (QED) is 0.626. The van der Waals surface area contributed by atoms with Crippen LogP contribution in [-0.4, -0.2) is 58.5 Å². The number of ether oxygens (including phenoxy) is 2. The second-order valence-corrected chi connectivity index (χ2v) is 7.65. The van der Waals surface area contributed by atoms with E-state index in [0.29, 0.717) is 13.2 Å². The Morgan fingerprint density at radius 2 is 1.53 bits per heavy atom. The maximum atomic E-state index is 12.7. The van der Waals surface area contributed by atoms with E-state index < -0.39 is 30.3 Å². The van der Waals surface area contributed by atoms with Crippen LogP contribution in [0, 0.1) is 0 Å². The van der Waals surface area contributed by atoms with Crippen LogP contribution in [0.4, 0.5) is 0 Å². The summed E-state index contributed by atoms with van der Waals surface area (Å²) in [7, 11) is 0. The third-order valence-corrected chi connectivity index (χ3v) is 5.41. The molecule has 0 saturated carbocycles. The molecule has 1 aliphatic rings. The molecular formula is C24H31NO5. The molecular weight excluding hydrogens is 382 g/mol. The van der Waals surface area contributed by atoms with Crippen molar-refractivity contribution in [1.82, 2.24) is 4.90 Å². The van der Waals surface area contributed by atoms with Gasteiger partial charge in [0.25, 0.3) is 5.91 Å². The standard InChI is InChI=1S/C24H31NO5/c1-2-3-14-25-20(17-29-15-18-10-6-4-7-11-18)23(21(26)22(27)24(25)28)30-16-19-12-8-5-9-13-19/h4-13,20-23,26-27H,2-3,14-17H2,1H3. The van der Waals surface area contributed by atoms with E-state index in [1.165, 1.54) is 0 Å². The first-order valence-electron chi connectivity index (χ1n) is 10.6. The molecule has 2 aromatic carbocycles. The summed E-state index contributed by atoms with van der Waals surface area (Å²) in [5.74, 6) is -0.469. The number of rotatable bonds is 10. The molecule has 1 heterocycles. The molecule has 6 heteroatoms. The lowest BCUT2D eigenvalue weighted by Gasteiger charge is -2.45. The third-order valence-electron chi connectivity index (χ3n) is 5.41. The molecule has 0 bridgehead atoms. The van der Waals surface area contributed by atoms with Gasteiger partial charge in [0.1, 0.15) is 12.2 Å². The number of aliphatic hydroxyl groups excluding tert-OH is 2. The fourth-order valence-electron chi connectivity index (χ4n) is 3.70. The SMILES string of the molecule is CCCCN1C(=O)C(O)C(O)C(OCc2ccccc2)C1COCc1ccccc1. The van der Waals surface area contributed by atoms with Gasteiger partial charge in [-0.05, 0) is 17.5 Å². The predicted octanol–water partition coefficient (Wildman–Crippen LogP) is 2.52. The minimum absolute atomic E-state index is 0.216. The average molecular weight is 414 g/mol. The first kappa shape index (κ1) is 22.4. The van der Waals surface area contributed by atoms with Crippen LogP contribution in [0.25, 0.3) is 0 Å². The molecule has 1 amide bonds. The second kappa shape index (κ2) is 11.2. The smallest absolute Gasteiger partial charge is 0.254 e. The van der Waals surface area contributed by atoms with Crippen LogP contribution < -0.4 is 0 Å². The minimum Gasteiger partial charge on any atom is -0.387 e. The number of unbranched alkanes of at least 4 members (excludes halogenated alkanes) is 1. The van der Waals surface area contributed by atoms with Gasteiger partial charge < -0.3 is 24.6 Å². The number of aliphatic hydroxyl groups is 2. The van der Waals surface area contributed by atoms with Gasteiger partial charge in [-0.1, -0.05) is 74.0 Å². The lowest BCUT2D eigenvalue weighted by Crippen LogP contribution is -2.66. The maximum absolute atomic E-state index is 12.7. The summed E-state index contributed by atoms with van der Waals surface area (Å²) in [6.07, 6.45) is -1.83. The van der Waals surface area contributed by atoms with Crippen molar-refractivity contribution in [3.63, 3.8) is 0 Å². The maximum Gasteiger partial charge on any atom is 0.254 e. The Morgan fingerprint density at radius 3 is 2.13 bits per heavy atom. The van der Waals surface area contributed by atoms with E-state index in [9.17, 15) is 15.0 Å². The molecule has 0 radical (unpaired) electrons. The highest BCUT2D eigenvalue weighted by atomic mass is 16.5. The van der Waals surface area contributed by atoms with Crippen molar-refractivity contribution in [2.24, 2.45) is 0 Å². The summed E-state index contributed by atoms with van der Waals surface area (Å²) >= 11 is 0. The van der Waals surface area contributed by atoms with Crippen molar-refractivity contribution in [2.45, 2.75) is 57.3 Å². The summed E-state index contributed by atoms with van der Waals surface area (Å²) < 4.78 is 12.0. The number of carbonyl (C=O) groups excluding carboxylic acids is 1. The fourth-order valence-corrected chi connectivity index (χ4v) is 3.70. The molecule has 0 aromatic heterocycles. The van der Waals surface area contributed by atoms with Crippen LogP contribution in [0.3, 0.4) is 0 Å². The molecule has 1 aliphatic heterocycles. The van der Waals surface area contributed by atoms with Crippen LogP contribution in [0.5, 0.6) is 0 Å². The van der Waals surface area contributed by atoms with Crippen molar-refractivity contribution < 1.29 is 24.5 Å². The molecule has 0 aliphatic carbocycles. The molecule has 30 heavy (non-hydrogen) atoms. The van der Waals surface area contributed by atoms with Crippen molar-refractivity contribution in [1.29, 1.82) is 0 Å². The number of likely N-dealkylation sites (tertiary alicyclic amines) is 1. The van der Waals surface area contributed by atoms with E-state index >= 15 is 0 Å². The van der Waals surface area contributed by atoms with Gasteiger partial charge in [-0.3, -0.25) is 4.79 Å². The fraction of sp³-hybridized carbons (Fsp3) is 0.458. The summed E-state index contributed by atoms with van der Waals surface area (Å²) in [6, 6.07) is 18.9. The topological polar surface area (TPSA) is 79.2 Å². The van der Waals surface area contributed by atoms with Gasteiger partial charge in [-0.25, -0.2) is 0 Å². The molecule has 1 saturated heterocycles. The molecule has 2 aromatic rings. The normalized spacial score (nSPS) is 24.2. The number of hydrogen-bond acceptors (Lipinski definition) is 5. The number of nitrogens with zero attached hydrogens (tertiary/aromatic N) is 1. The molecule has 6 nitrogen and oxygen atoms in total. The van der Waals surface area contributed by atoms with Gasteiger partial charge >= 0.3 is 0 Å². The lowest BCUT2D eigenvalue weighted by molar-refractivity contribution is -0.191. The summed E-state index contributed by atoms with van der Waals surface area (Å²) in [5.41, 5.74) is 1.99. The van der Waals surface area contributed by atoms with Crippen molar-refractivity contribution >= 4 is 5.91 Å². The Bertz CT molecular complexity index is 770. The molecule has 2 N–H and O–H groups in total. The van der Waals surface area contributed by atoms with Gasteiger partial charge in [0.2, 0.25) is 0 Å². The first-order chi connectivity index (χ1) is 14.6. The Balaban J connectivity index is 1.73. The Morgan fingerprint density at radius 1 is 0.933 bits per heavy atom. The van der Waals surface area contributed by atoms with Crippen LogP contribution in [-0.2, 0) is 27.5 Å². The highest BCUT2D eigenvalue weighted by Gasteiger charge is 2.48. The molecule has 1 fully saturated rings. The molecule has 4 unspecified atom stereocenters. The zero-order chi connectivity index (χ0) is 21.3. The van der Waals surface area contributed by atoms with Crippen molar-refractivity contribution in [3.05, 3.63) is 71.8 Å². The van der Waals surface area contributed by atoms with E-state index in [1.54, 1.807) is 4.90 Å². The van der Waals surface area contributed by atoms with E-state index in [4.69, 9.17) is 9.47 Å². The summed E-state index contributed by atoms with van der Waals surface area (Å²) in [6.45, 7) is 3.43. The van der Waals surface area contributed by atoms with E-state index in [1.807, 2.05) is 67.6 Å². The largest absolute Gasteiger partial charge is 0.387 e. The van der Waals surface area contributed by atoms with Gasteiger partial charge in [-0.2, -0.15) is 0 Å². The van der Waals surface area contributed by atoms with Crippen molar-refractivity contribution in [3.8, 4) is 0 Å². The predicted molar refractivity (Wildman–Crippen MR) is 114 cm³/mol. The molecule has 162 valence electrons. The molecule has 3 rings (SSSR count). The van der Waals surface area contributed by atoms with Crippen LogP contribution in [0.2, 0.25) is 0 Å². The average Bonchev–Trinajstić information content (AvgIpc) is 2.78. The van der Waals surface area contributed by atoms with Gasteiger partial charge in [-0.15, -0.1) is 0 Å². The highest BCUT2D eigenvalue weighted by Crippen LogP contribution is 2.25. The van der Waals surface area contributed by atoms with E-state index in [-0.39, 0.29) is 13.2 Å². The number of amides is 1. The van der Waals surface area contributed by atoms with E-state index in [2.05, 4.69) is 0 Å². The van der Waals surface area contributed by atoms with Crippen LogP contribution in [0.15, 0.2) is 60.7 Å². The Labute approximate surface area is 178 Å². The Kier molecular flexibility index (Phi) is 8.39. The van der Waals surface area contributed by atoms with E-state index in [0.717, 1.165) is 24.0 Å². The monoisotopic (exact) mass is 413 g/mol. The number of piperidine rings is 1. The summed E-state index contributed by atoms with van der Waals surface area (Å²) in [4.78, 5) is 14.3. The highest BCUT2D eigenvalue weighted by molar-refractivity contribution is 5.83. The zero-order valence-electron chi connectivity index (χ0n) is 17.4. The van der Waals surface area contributed by atoms with Gasteiger partial charge in [0.05, 0.1) is 25.9 Å². The van der Waals surface area contributed by atoms with Crippen molar-refractivity contribution in [2.75, 3.05) is 13.2 Å². The number of carbonyl (C=O) groups is 1. The molecule has 0 spiro atoms. The number of hydrogen-bond donors (Lipinski definition) is 2. The van der Waals surface area contributed by atoms with Crippen LogP contribution >= 0.6 is 0 Å². The van der Waals surface area contributed by atoms with Gasteiger partial charge in [0, 0.05) is 6.54 Å². The second-order valence-electron chi connectivity index (χ2n) is 7.65. The lowest BCUT2D eigenvalue weighted by atomic mass is 9.92.